The van der Waals surface area contributed by atoms with Crippen LogP contribution >= 0.6 is 0 Å². The average Bonchev–Trinajstić information content (AvgIpc) is 2.79. The number of nitrogens with zero attached hydrogens (tertiary/aromatic N) is 1. The van der Waals surface area contributed by atoms with Crippen LogP contribution in [0.2, 0.25) is 0 Å². The van der Waals surface area contributed by atoms with Crippen molar-refractivity contribution in [3.8, 4) is 0 Å². The Morgan fingerprint density at radius 2 is 2.10 bits per heavy atom. The minimum atomic E-state index is -0.594. The summed E-state index contributed by atoms with van der Waals surface area (Å²) < 4.78 is 4.99. The number of nitrogens with one attached hydrogen (secondary N) is 1. The van der Waals surface area contributed by atoms with Gasteiger partial charge in [0, 0.05) is 18.1 Å². The molecule has 1 fully saturated rings. The number of esters is 1. The van der Waals surface area contributed by atoms with Gasteiger partial charge in [-0.05, 0) is 53.0 Å². The maximum absolute atomic E-state index is 12.1. The Kier molecular flexibility index (Phi) is 6.46. The molecular formula is C16H32N2O2. The van der Waals surface area contributed by atoms with E-state index in [0.717, 1.165) is 13.0 Å². The Balaban J connectivity index is 2.79. The topological polar surface area (TPSA) is 41.6 Å². The van der Waals surface area contributed by atoms with Crippen LogP contribution in [-0.2, 0) is 9.53 Å². The second-order valence-corrected chi connectivity index (χ2v) is 6.34. The van der Waals surface area contributed by atoms with Crippen LogP contribution in [0, 0.1) is 0 Å². The Bertz CT molecular complexity index is 322. The molecule has 118 valence electrons. The Morgan fingerprint density at radius 3 is 2.60 bits per heavy atom. The van der Waals surface area contributed by atoms with Crippen molar-refractivity contribution in [3.63, 3.8) is 0 Å². The highest BCUT2D eigenvalue weighted by molar-refractivity contribution is 5.80. The summed E-state index contributed by atoms with van der Waals surface area (Å²) in [6, 6.07) is 1.64. The molecule has 0 aliphatic carbocycles. The van der Waals surface area contributed by atoms with Gasteiger partial charge in [-0.15, -0.1) is 0 Å². The van der Waals surface area contributed by atoms with Crippen LogP contribution in [0.5, 0.6) is 0 Å². The molecule has 1 saturated heterocycles. The Hall–Kier alpha value is -0.610. The third kappa shape index (κ3) is 3.73. The van der Waals surface area contributed by atoms with Gasteiger partial charge < -0.3 is 10.1 Å². The van der Waals surface area contributed by atoms with Crippen LogP contribution in [0.15, 0.2) is 0 Å². The van der Waals surface area contributed by atoms with E-state index in [-0.39, 0.29) is 5.97 Å². The zero-order valence-corrected chi connectivity index (χ0v) is 14.0. The van der Waals surface area contributed by atoms with Crippen LogP contribution in [-0.4, -0.2) is 48.2 Å². The maximum Gasteiger partial charge on any atom is 0.325 e. The van der Waals surface area contributed by atoms with Crippen LogP contribution in [0.25, 0.3) is 0 Å². The minimum absolute atomic E-state index is 0.161. The van der Waals surface area contributed by atoms with Gasteiger partial charge in [-0.3, -0.25) is 9.69 Å². The first-order valence-electron chi connectivity index (χ1n) is 8.00. The number of likely N-dealkylation sites (tertiary alicyclic amines) is 1. The molecule has 0 radical (unpaired) electrons. The standard InChI is InChI=1S/C16H32N2O2/c1-7-14-10-9-12(3)18(14)13(4)11-16(5,17-8-2)15(19)20-6/h12-14,17H,7-11H2,1-6H3. The lowest BCUT2D eigenvalue weighted by molar-refractivity contribution is -0.149. The summed E-state index contributed by atoms with van der Waals surface area (Å²) in [7, 11) is 1.47. The molecule has 1 heterocycles. The number of carbonyl (C=O) groups is 1. The molecule has 4 heteroatoms. The van der Waals surface area contributed by atoms with Gasteiger partial charge in [-0.1, -0.05) is 13.8 Å². The van der Waals surface area contributed by atoms with Crippen molar-refractivity contribution in [1.29, 1.82) is 0 Å². The molecule has 1 rings (SSSR count). The summed E-state index contributed by atoms with van der Waals surface area (Å²) >= 11 is 0. The number of ether oxygens (including phenoxy) is 1. The van der Waals surface area contributed by atoms with Gasteiger partial charge in [0.2, 0.25) is 0 Å². The molecule has 0 spiro atoms. The number of methoxy groups -OCH3 is 1. The van der Waals surface area contributed by atoms with E-state index in [9.17, 15) is 4.79 Å². The smallest absolute Gasteiger partial charge is 0.325 e. The maximum atomic E-state index is 12.1. The summed E-state index contributed by atoms with van der Waals surface area (Å²) in [4.78, 5) is 14.7. The molecule has 0 amide bonds. The van der Waals surface area contributed by atoms with E-state index in [0.29, 0.717) is 18.1 Å². The number of rotatable bonds is 7. The molecule has 20 heavy (non-hydrogen) atoms. The molecule has 4 unspecified atom stereocenters. The van der Waals surface area contributed by atoms with Crippen molar-refractivity contribution in [2.75, 3.05) is 13.7 Å². The second kappa shape index (κ2) is 7.41. The minimum Gasteiger partial charge on any atom is -0.468 e. The van der Waals surface area contributed by atoms with Crippen LogP contribution in [0.1, 0.15) is 60.3 Å². The summed E-state index contributed by atoms with van der Waals surface area (Å²) in [5.74, 6) is -0.161. The molecule has 0 aromatic carbocycles. The van der Waals surface area contributed by atoms with Gasteiger partial charge in [0.25, 0.3) is 0 Å². The van der Waals surface area contributed by atoms with Gasteiger partial charge in [-0.25, -0.2) is 0 Å². The van der Waals surface area contributed by atoms with E-state index in [2.05, 4.69) is 31.0 Å². The molecule has 0 bridgehead atoms. The average molecular weight is 284 g/mol. The number of carbonyl (C=O) groups excluding carboxylic acids is 1. The van der Waals surface area contributed by atoms with Crippen molar-refractivity contribution >= 4 is 5.97 Å². The van der Waals surface area contributed by atoms with E-state index in [1.54, 1.807) is 0 Å². The summed E-state index contributed by atoms with van der Waals surface area (Å²) in [6.07, 6.45) is 4.51. The zero-order valence-electron chi connectivity index (χ0n) is 14.0. The van der Waals surface area contributed by atoms with E-state index in [1.165, 1.54) is 26.4 Å². The zero-order chi connectivity index (χ0) is 15.3. The first-order chi connectivity index (χ1) is 9.39. The lowest BCUT2D eigenvalue weighted by atomic mass is 9.92. The first kappa shape index (κ1) is 17.4. The highest BCUT2D eigenvalue weighted by Gasteiger charge is 2.40. The van der Waals surface area contributed by atoms with E-state index in [1.807, 2.05) is 13.8 Å². The lowest BCUT2D eigenvalue weighted by Crippen LogP contribution is -2.55. The van der Waals surface area contributed by atoms with Crippen molar-refractivity contribution in [2.24, 2.45) is 0 Å². The summed E-state index contributed by atoms with van der Waals surface area (Å²) in [6.45, 7) is 11.6. The molecule has 1 N–H and O–H groups in total. The highest BCUT2D eigenvalue weighted by atomic mass is 16.5. The third-order valence-electron chi connectivity index (χ3n) is 4.73. The van der Waals surface area contributed by atoms with Crippen molar-refractivity contribution in [1.82, 2.24) is 10.2 Å². The first-order valence-corrected chi connectivity index (χ1v) is 8.00. The fraction of sp³-hybridized carbons (Fsp3) is 0.938. The summed E-state index contributed by atoms with van der Waals surface area (Å²) in [5, 5.41) is 3.31. The van der Waals surface area contributed by atoms with Gasteiger partial charge in [0.1, 0.15) is 5.54 Å². The predicted octanol–water partition coefficient (Wildman–Crippen LogP) is 2.57. The predicted molar refractivity (Wildman–Crippen MR) is 82.8 cm³/mol. The van der Waals surface area contributed by atoms with E-state index in [4.69, 9.17) is 4.74 Å². The molecule has 1 aliphatic rings. The van der Waals surface area contributed by atoms with Crippen molar-refractivity contribution in [3.05, 3.63) is 0 Å². The summed E-state index contributed by atoms with van der Waals surface area (Å²) in [5.41, 5.74) is -0.594. The van der Waals surface area contributed by atoms with E-state index >= 15 is 0 Å². The fourth-order valence-electron chi connectivity index (χ4n) is 3.84. The van der Waals surface area contributed by atoms with Crippen LogP contribution < -0.4 is 5.32 Å². The number of likely N-dealkylation sites (N-methyl/N-ethyl adjacent to an activating group) is 1. The molecule has 0 aromatic rings. The second-order valence-electron chi connectivity index (χ2n) is 6.34. The van der Waals surface area contributed by atoms with Crippen molar-refractivity contribution in [2.45, 2.75) is 84.0 Å². The molecule has 1 aliphatic heterocycles. The Labute approximate surface area is 124 Å². The molecule has 4 atom stereocenters. The fourth-order valence-corrected chi connectivity index (χ4v) is 3.84. The largest absolute Gasteiger partial charge is 0.468 e. The molecular weight excluding hydrogens is 252 g/mol. The SMILES string of the molecule is CCNC(C)(CC(C)N1C(C)CCC1CC)C(=O)OC. The lowest BCUT2D eigenvalue weighted by Gasteiger charge is -2.38. The molecule has 0 saturated carbocycles. The van der Waals surface area contributed by atoms with Gasteiger partial charge >= 0.3 is 5.97 Å². The normalized spacial score (nSPS) is 28.1. The number of hydrogen-bond donors (Lipinski definition) is 1. The van der Waals surface area contributed by atoms with Gasteiger partial charge in [-0.2, -0.15) is 0 Å². The van der Waals surface area contributed by atoms with E-state index < -0.39 is 5.54 Å². The monoisotopic (exact) mass is 284 g/mol. The quantitative estimate of drug-likeness (QED) is 0.730. The van der Waals surface area contributed by atoms with Crippen molar-refractivity contribution < 1.29 is 9.53 Å². The Morgan fingerprint density at radius 1 is 1.45 bits per heavy atom. The highest BCUT2D eigenvalue weighted by Crippen LogP contribution is 2.31. The molecule has 4 nitrogen and oxygen atoms in total. The van der Waals surface area contributed by atoms with Crippen LogP contribution in [0.4, 0.5) is 0 Å². The number of hydrogen-bond acceptors (Lipinski definition) is 4. The van der Waals surface area contributed by atoms with Gasteiger partial charge in [0.05, 0.1) is 7.11 Å². The molecule has 0 aromatic heterocycles. The third-order valence-corrected chi connectivity index (χ3v) is 4.73. The van der Waals surface area contributed by atoms with Gasteiger partial charge in [0.15, 0.2) is 0 Å². The van der Waals surface area contributed by atoms with Crippen LogP contribution in [0.3, 0.4) is 0 Å².